The Morgan fingerprint density at radius 1 is 1.25 bits per heavy atom. The van der Waals surface area contributed by atoms with E-state index in [1.54, 1.807) is 6.26 Å². The van der Waals surface area contributed by atoms with Crippen LogP contribution in [0.3, 0.4) is 0 Å². The Balaban J connectivity index is 1.96. The lowest BCUT2D eigenvalue weighted by molar-refractivity contribution is -0.116. The molecular weight excluding hydrogens is 329 g/mol. The van der Waals surface area contributed by atoms with Crippen LogP contribution in [0, 0.1) is 5.82 Å². The Bertz CT molecular complexity index is 957. The van der Waals surface area contributed by atoms with Crippen LogP contribution in [0.2, 0.25) is 0 Å². The van der Waals surface area contributed by atoms with Crippen molar-refractivity contribution in [2.75, 3.05) is 11.7 Å². The normalized spacial score (nSPS) is 10.8. The van der Waals surface area contributed by atoms with E-state index in [4.69, 9.17) is 0 Å². The van der Waals surface area contributed by atoms with Gasteiger partial charge in [-0.05, 0) is 24.0 Å². The van der Waals surface area contributed by atoms with Gasteiger partial charge in [-0.2, -0.15) is 4.68 Å². The standard InChI is InChI=1S/C17H14FN3O2S/c1-24-17-19-14-10-12(18)7-8-13(14)16(23)21(17)20-15(22)9-11-5-3-2-4-6-11/h2-8,10H,9H2,1H3,(H,20,22). The van der Waals surface area contributed by atoms with Crippen molar-refractivity contribution in [3.8, 4) is 0 Å². The van der Waals surface area contributed by atoms with Crippen LogP contribution in [-0.2, 0) is 11.2 Å². The van der Waals surface area contributed by atoms with E-state index in [2.05, 4.69) is 10.4 Å². The van der Waals surface area contributed by atoms with Crippen molar-refractivity contribution in [2.24, 2.45) is 0 Å². The molecule has 0 unspecified atom stereocenters. The molecule has 0 fully saturated rings. The molecule has 7 heteroatoms. The van der Waals surface area contributed by atoms with Crippen molar-refractivity contribution < 1.29 is 9.18 Å². The summed E-state index contributed by atoms with van der Waals surface area (Å²) in [6.45, 7) is 0. The zero-order valence-electron chi connectivity index (χ0n) is 12.8. The van der Waals surface area contributed by atoms with Crippen molar-refractivity contribution in [2.45, 2.75) is 11.6 Å². The van der Waals surface area contributed by atoms with Gasteiger partial charge in [-0.1, -0.05) is 42.1 Å². The highest BCUT2D eigenvalue weighted by Crippen LogP contribution is 2.15. The van der Waals surface area contributed by atoms with Gasteiger partial charge in [-0.3, -0.25) is 15.0 Å². The molecule has 0 bridgehead atoms. The number of nitrogens with one attached hydrogen (secondary N) is 1. The van der Waals surface area contributed by atoms with Crippen LogP contribution in [0.15, 0.2) is 58.5 Å². The number of carbonyl (C=O) groups is 1. The molecule has 1 aromatic heterocycles. The Morgan fingerprint density at radius 3 is 2.71 bits per heavy atom. The number of amides is 1. The Kier molecular flexibility index (Phi) is 4.61. The summed E-state index contributed by atoms with van der Waals surface area (Å²) in [4.78, 5) is 29.1. The van der Waals surface area contributed by atoms with Crippen LogP contribution in [0.5, 0.6) is 0 Å². The van der Waals surface area contributed by atoms with Gasteiger partial charge in [0.15, 0.2) is 5.16 Å². The average Bonchev–Trinajstić information content (AvgIpc) is 2.58. The number of benzene rings is 2. The second-order valence-electron chi connectivity index (χ2n) is 5.10. The van der Waals surface area contributed by atoms with Gasteiger partial charge in [0, 0.05) is 6.07 Å². The van der Waals surface area contributed by atoms with E-state index in [1.165, 1.54) is 30.0 Å². The molecule has 0 saturated heterocycles. The first-order chi connectivity index (χ1) is 11.6. The van der Waals surface area contributed by atoms with Crippen molar-refractivity contribution in [3.05, 3.63) is 70.3 Å². The SMILES string of the molecule is CSc1nc2cc(F)ccc2c(=O)n1NC(=O)Cc1ccccc1. The van der Waals surface area contributed by atoms with E-state index < -0.39 is 11.4 Å². The number of halogens is 1. The molecule has 5 nitrogen and oxygen atoms in total. The number of aromatic nitrogens is 2. The van der Waals surface area contributed by atoms with E-state index in [0.29, 0.717) is 5.16 Å². The fourth-order valence-electron chi connectivity index (χ4n) is 2.32. The topological polar surface area (TPSA) is 64.0 Å². The summed E-state index contributed by atoms with van der Waals surface area (Å²) in [7, 11) is 0. The fraction of sp³-hybridized carbons (Fsp3) is 0.118. The minimum Gasteiger partial charge on any atom is -0.273 e. The van der Waals surface area contributed by atoms with E-state index in [0.717, 1.165) is 10.2 Å². The number of fused-ring (bicyclic) bond motifs is 1. The van der Waals surface area contributed by atoms with Crippen LogP contribution in [0.1, 0.15) is 5.56 Å². The highest BCUT2D eigenvalue weighted by molar-refractivity contribution is 7.98. The lowest BCUT2D eigenvalue weighted by Gasteiger charge is -2.13. The predicted octanol–water partition coefficient (Wildman–Crippen LogP) is 2.57. The largest absolute Gasteiger partial charge is 0.281 e. The quantitative estimate of drug-likeness (QED) is 0.584. The smallest absolute Gasteiger partial charge is 0.273 e. The van der Waals surface area contributed by atoms with Gasteiger partial charge in [0.1, 0.15) is 5.82 Å². The molecule has 0 radical (unpaired) electrons. The molecule has 0 spiro atoms. The Hall–Kier alpha value is -2.67. The first kappa shape index (κ1) is 16.2. The molecule has 3 aromatic rings. The summed E-state index contributed by atoms with van der Waals surface area (Å²) in [5, 5.41) is 0.536. The van der Waals surface area contributed by atoms with Crippen molar-refractivity contribution in [1.29, 1.82) is 0 Å². The van der Waals surface area contributed by atoms with Crippen LogP contribution in [0.25, 0.3) is 10.9 Å². The van der Waals surface area contributed by atoms with E-state index >= 15 is 0 Å². The third-order valence-electron chi connectivity index (χ3n) is 3.43. The predicted molar refractivity (Wildman–Crippen MR) is 92.3 cm³/mol. The molecule has 0 aliphatic carbocycles. The Morgan fingerprint density at radius 2 is 2.00 bits per heavy atom. The van der Waals surface area contributed by atoms with E-state index in [9.17, 15) is 14.0 Å². The zero-order chi connectivity index (χ0) is 17.1. The average molecular weight is 343 g/mol. The minimum atomic E-state index is -0.465. The summed E-state index contributed by atoms with van der Waals surface area (Å²) < 4.78 is 14.4. The summed E-state index contributed by atoms with van der Waals surface area (Å²) >= 11 is 1.19. The molecule has 1 N–H and O–H groups in total. The molecule has 1 amide bonds. The summed E-state index contributed by atoms with van der Waals surface area (Å²) in [6.07, 6.45) is 1.87. The summed E-state index contributed by atoms with van der Waals surface area (Å²) in [5.41, 5.74) is 3.23. The lowest BCUT2D eigenvalue weighted by atomic mass is 10.1. The van der Waals surface area contributed by atoms with Crippen molar-refractivity contribution >= 4 is 28.6 Å². The second kappa shape index (κ2) is 6.84. The van der Waals surface area contributed by atoms with E-state index in [-0.39, 0.29) is 23.2 Å². The fourth-order valence-corrected chi connectivity index (χ4v) is 2.82. The van der Waals surface area contributed by atoms with E-state index in [1.807, 2.05) is 30.3 Å². The van der Waals surface area contributed by atoms with Crippen molar-refractivity contribution in [3.63, 3.8) is 0 Å². The maximum atomic E-state index is 13.3. The van der Waals surface area contributed by atoms with Gasteiger partial charge in [0.05, 0.1) is 17.3 Å². The van der Waals surface area contributed by atoms with Gasteiger partial charge < -0.3 is 0 Å². The molecule has 3 rings (SSSR count). The highest BCUT2D eigenvalue weighted by Gasteiger charge is 2.13. The minimum absolute atomic E-state index is 0.141. The van der Waals surface area contributed by atoms with Gasteiger partial charge in [0.25, 0.3) is 5.56 Å². The molecule has 0 saturated carbocycles. The first-order valence-electron chi connectivity index (χ1n) is 7.18. The molecule has 2 aromatic carbocycles. The van der Waals surface area contributed by atoms with Gasteiger partial charge in [-0.15, -0.1) is 0 Å². The first-order valence-corrected chi connectivity index (χ1v) is 8.41. The number of hydrogen-bond acceptors (Lipinski definition) is 4. The van der Waals surface area contributed by atoms with Gasteiger partial charge >= 0.3 is 0 Å². The molecular formula is C17H14FN3O2S. The molecule has 122 valence electrons. The number of thioether (sulfide) groups is 1. The Labute approximate surface area is 141 Å². The van der Waals surface area contributed by atoms with Crippen LogP contribution in [-0.4, -0.2) is 21.8 Å². The van der Waals surface area contributed by atoms with Crippen LogP contribution in [0.4, 0.5) is 4.39 Å². The monoisotopic (exact) mass is 343 g/mol. The summed E-state index contributed by atoms with van der Waals surface area (Å²) in [6, 6.07) is 13.0. The maximum Gasteiger partial charge on any atom is 0.281 e. The third kappa shape index (κ3) is 3.30. The molecule has 1 heterocycles. The zero-order valence-corrected chi connectivity index (χ0v) is 13.6. The van der Waals surface area contributed by atoms with Gasteiger partial charge in [-0.25, -0.2) is 9.37 Å². The number of carbonyl (C=O) groups excluding carboxylic acids is 1. The van der Waals surface area contributed by atoms with Crippen LogP contribution >= 0.6 is 11.8 Å². The van der Waals surface area contributed by atoms with Gasteiger partial charge in [0.2, 0.25) is 5.91 Å². The number of rotatable bonds is 4. The maximum absolute atomic E-state index is 13.3. The number of hydrogen-bond donors (Lipinski definition) is 1. The molecule has 0 aliphatic heterocycles. The molecule has 0 aliphatic rings. The number of nitrogens with zero attached hydrogens (tertiary/aromatic N) is 2. The van der Waals surface area contributed by atoms with Crippen molar-refractivity contribution in [1.82, 2.24) is 9.66 Å². The summed E-state index contributed by atoms with van der Waals surface area (Å²) in [5.74, 6) is -0.797. The third-order valence-corrected chi connectivity index (χ3v) is 4.07. The second-order valence-corrected chi connectivity index (χ2v) is 5.87. The highest BCUT2D eigenvalue weighted by atomic mass is 32.2. The lowest BCUT2D eigenvalue weighted by Crippen LogP contribution is -2.35. The van der Waals surface area contributed by atoms with Crippen LogP contribution < -0.4 is 11.0 Å². The molecule has 24 heavy (non-hydrogen) atoms. The molecule has 0 atom stereocenters.